The van der Waals surface area contributed by atoms with Crippen molar-refractivity contribution in [2.75, 3.05) is 11.9 Å². The summed E-state index contributed by atoms with van der Waals surface area (Å²) < 4.78 is 9.01. The van der Waals surface area contributed by atoms with E-state index in [0.29, 0.717) is 20.9 Å². The first-order valence-electron chi connectivity index (χ1n) is 4.79. The van der Waals surface area contributed by atoms with Crippen LogP contribution in [0.5, 0.6) is 5.75 Å². The number of hydrogen-bond acceptors (Lipinski definition) is 5. The van der Waals surface area contributed by atoms with Crippen LogP contribution in [0.15, 0.2) is 24.5 Å². The van der Waals surface area contributed by atoms with Crippen LogP contribution in [0.25, 0.3) is 0 Å². The van der Waals surface area contributed by atoms with Crippen molar-refractivity contribution in [3.8, 4) is 5.75 Å². The second kappa shape index (κ2) is 5.99. The molecule has 1 heterocycles. The Morgan fingerprint density at radius 3 is 2.94 bits per heavy atom. The number of nitrogens with zero attached hydrogens (tertiary/aromatic N) is 2. The molecule has 0 saturated heterocycles. The van der Waals surface area contributed by atoms with Crippen LogP contribution in [-0.2, 0) is 4.79 Å². The van der Waals surface area contributed by atoms with E-state index >= 15 is 0 Å². The number of rotatable bonds is 4. The van der Waals surface area contributed by atoms with E-state index in [2.05, 4.69) is 14.7 Å². The normalized spacial score (nSPS) is 10.1. The molecular formula is C10H7Cl2N3O2S. The molecule has 0 radical (unpaired) electrons. The standard InChI is InChI=1S/C10H7Cl2N3O2S/c11-6-1-2-8(7(12)3-6)17-4-9(16)15-10-13-5-14-18-10/h1-3,5H,4H2,(H,13,14,15,16). The van der Waals surface area contributed by atoms with Crippen molar-refractivity contribution in [2.24, 2.45) is 0 Å². The fourth-order valence-electron chi connectivity index (χ4n) is 1.12. The zero-order valence-corrected chi connectivity index (χ0v) is 11.2. The summed E-state index contributed by atoms with van der Waals surface area (Å²) >= 11 is 12.7. The number of hydrogen-bond donors (Lipinski definition) is 1. The van der Waals surface area contributed by atoms with Gasteiger partial charge in [-0.3, -0.25) is 10.1 Å². The smallest absolute Gasteiger partial charge is 0.264 e. The minimum atomic E-state index is -0.335. The second-order valence-corrected chi connectivity index (χ2v) is 4.78. The van der Waals surface area contributed by atoms with Crippen LogP contribution in [0.1, 0.15) is 0 Å². The fourth-order valence-corrected chi connectivity index (χ4v) is 2.03. The van der Waals surface area contributed by atoms with Gasteiger partial charge in [0.15, 0.2) is 6.61 Å². The summed E-state index contributed by atoms with van der Waals surface area (Å²) in [6, 6.07) is 4.77. The molecule has 1 aromatic carbocycles. The zero-order chi connectivity index (χ0) is 13.0. The first-order chi connectivity index (χ1) is 8.65. The molecule has 0 unspecified atom stereocenters. The van der Waals surface area contributed by atoms with E-state index in [-0.39, 0.29) is 12.5 Å². The minimum Gasteiger partial charge on any atom is -0.482 e. The zero-order valence-electron chi connectivity index (χ0n) is 8.89. The highest BCUT2D eigenvalue weighted by atomic mass is 35.5. The van der Waals surface area contributed by atoms with Crippen LogP contribution >= 0.6 is 34.7 Å². The molecule has 5 nitrogen and oxygen atoms in total. The van der Waals surface area contributed by atoms with E-state index < -0.39 is 0 Å². The molecule has 0 saturated carbocycles. The third kappa shape index (κ3) is 3.56. The topological polar surface area (TPSA) is 64.1 Å². The monoisotopic (exact) mass is 303 g/mol. The van der Waals surface area contributed by atoms with Crippen LogP contribution < -0.4 is 10.1 Å². The van der Waals surface area contributed by atoms with Gasteiger partial charge in [0.05, 0.1) is 5.02 Å². The number of carbonyl (C=O) groups excluding carboxylic acids is 1. The van der Waals surface area contributed by atoms with Gasteiger partial charge in [0.2, 0.25) is 5.13 Å². The van der Waals surface area contributed by atoms with Crippen molar-refractivity contribution in [1.29, 1.82) is 0 Å². The third-order valence-electron chi connectivity index (χ3n) is 1.86. The molecule has 2 aromatic rings. The molecule has 18 heavy (non-hydrogen) atoms. The molecule has 0 spiro atoms. The highest BCUT2D eigenvalue weighted by molar-refractivity contribution is 7.09. The van der Waals surface area contributed by atoms with Gasteiger partial charge >= 0.3 is 0 Å². The highest BCUT2D eigenvalue weighted by Gasteiger charge is 2.08. The summed E-state index contributed by atoms with van der Waals surface area (Å²) in [7, 11) is 0. The molecule has 2 rings (SSSR count). The molecule has 0 aliphatic heterocycles. The van der Waals surface area contributed by atoms with Crippen molar-refractivity contribution in [3.05, 3.63) is 34.6 Å². The lowest BCUT2D eigenvalue weighted by Gasteiger charge is -2.07. The van der Waals surface area contributed by atoms with Gasteiger partial charge in [-0.2, -0.15) is 4.37 Å². The summed E-state index contributed by atoms with van der Waals surface area (Å²) in [5.41, 5.74) is 0. The van der Waals surface area contributed by atoms with Crippen molar-refractivity contribution >= 4 is 45.8 Å². The SMILES string of the molecule is O=C(COc1ccc(Cl)cc1Cl)Nc1ncns1. The molecule has 1 aromatic heterocycles. The Labute approximate surface area is 117 Å². The lowest BCUT2D eigenvalue weighted by Crippen LogP contribution is -2.20. The van der Waals surface area contributed by atoms with E-state index in [4.69, 9.17) is 27.9 Å². The molecule has 0 atom stereocenters. The lowest BCUT2D eigenvalue weighted by atomic mass is 10.3. The largest absolute Gasteiger partial charge is 0.482 e. The molecule has 0 aliphatic carbocycles. The summed E-state index contributed by atoms with van der Waals surface area (Å²) in [4.78, 5) is 15.3. The van der Waals surface area contributed by atoms with E-state index in [1.165, 1.54) is 6.33 Å². The number of ether oxygens (including phenoxy) is 1. The maximum atomic E-state index is 11.5. The van der Waals surface area contributed by atoms with Crippen LogP contribution in [0.4, 0.5) is 5.13 Å². The maximum Gasteiger partial charge on any atom is 0.264 e. The van der Waals surface area contributed by atoms with Gasteiger partial charge < -0.3 is 4.74 Å². The Hall–Kier alpha value is -1.37. The Balaban J connectivity index is 1.89. The van der Waals surface area contributed by atoms with E-state index in [1.54, 1.807) is 18.2 Å². The van der Waals surface area contributed by atoms with Gasteiger partial charge in [-0.15, -0.1) is 0 Å². The van der Waals surface area contributed by atoms with Crippen LogP contribution in [-0.4, -0.2) is 21.9 Å². The minimum absolute atomic E-state index is 0.166. The van der Waals surface area contributed by atoms with Gasteiger partial charge in [-0.1, -0.05) is 23.2 Å². The molecule has 8 heteroatoms. The summed E-state index contributed by atoms with van der Waals surface area (Å²) in [6.45, 7) is -0.166. The maximum absolute atomic E-state index is 11.5. The predicted molar refractivity (Wildman–Crippen MR) is 70.5 cm³/mol. The Morgan fingerprint density at radius 1 is 1.44 bits per heavy atom. The molecular weight excluding hydrogens is 297 g/mol. The number of nitrogens with one attached hydrogen (secondary N) is 1. The number of anilines is 1. The number of amides is 1. The number of halogens is 2. The molecule has 1 amide bonds. The van der Waals surface area contributed by atoms with Crippen LogP contribution in [0, 0.1) is 0 Å². The summed E-state index contributed by atoms with van der Waals surface area (Å²) in [5.74, 6) is 0.0613. The van der Waals surface area contributed by atoms with Gasteiger partial charge in [0.25, 0.3) is 5.91 Å². The average molecular weight is 304 g/mol. The molecule has 0 bridgehead atoms. The highest BCUT2D eigenvalue weighted by Crippen LogP contribution is 2.27. The number of aromatic nitrogens is 2. The Bertz CT molecular complexity index is 548. The van der Waals surface area contributed by atoms with Crippen LogP contribution in [0.2, 0.25) is 10.0 Å². The molecule has 0 fully saturated rings. The molecule has 0 aliphatic rings. The van der Waals surface area contributed by atoms with Crippen LogP contribution in [0.3, 0.4) is 0 Å². The van der Waals surface area contributed by atoms with Crippen molar-refractivity contribution < 1.29 is 9.53 Å². The first kappa shape index (κ1) is 13.1. The van der Waals surface area contributed by atoms with Gasteiger partial charge in [-0.25, -0.2) is 4.98 Å². The van der Waals surface area contributed by atoms with E-state index in [1.807, 2.05) is 0 Å². The quantitative estimate of drug-likeness (QED) is 0.943. The molecule has 1 N–H and O–H groups in total. The summed E-state index contributed by atoms with van der Waals surface area (Å²) in [6.07, 6.45) is 1.36. The second-order valence-electron chi connectivity index (χ2n) is 3.16. The Kier molecular flexibility index (Phi) is 4.35. The average Bonchev–Trinajstić information content (AvgIpc) is 2.80. The third-order valence-corrected chi connectivity index (χ3v) is 2.97. The fraction of sp³-hybridized carbons (Fsp3) is 0.100. The van der Waals surface area contributed by atoms with Gasteiger partial charge in [0.1, 0.15) is 12.1 Å². The van der Waals surface area contributed by atoms with Gasteiger partial charge in [-0.05, 0) is 18.2 Å². The lowest BCUT2D eigenvalue weighted by molar-refractivity contribution is -0.118. The summed E-state index contributed by atoms with van der Waals surface area (Å²) in [5, 5.41) is 3.82. The predicted octanol–water partition coefficient (Wildman–Crippen LogP) is 2.86. The van der Waals surface area contributed by atoms with Crippen molar-refractivity contribution in [1.82, 2.24) is 9.36 Å². The molecule has 94 valence electrons. The van der Waals surface area contributed by atoms with Crippen molar-refractivity contribution in [2.45, 2.75) is 0 Å². The van der Waals surface area contributed by atoms with Gasteiger partial charge in [0, 0.05) is 16.6 Å². The van der Waals surface area contributed by atoms with Crippen molar-refractivity contribution in [3.63, 3.8) is 0 Å². The number of benzene rings is 1. The Morgan fingerprint density at radius 2 is 2.28 bits per heavy atom. The van der Waals surface area contributed by atoms with E-state index in [9.17, 15) is 4.79 Å². The first-order valence-corrected chi connectivity index (χ1v) is 6.32. The number of carbonyl (C=O) groups is 1. The van der Waals surface area contributed by atoms with E-state index in [0.717, 1.165) is 11.5 Å².